The molecule has 0 aliphatic carbocycles. The van der Waals surface area contributed by atoms with E-state index in [-0.39, 0.29) is 33.1 Å². The van der Waals surface area contributed by atoms with Crippen molar-refractivity contribution in [3.05, 3.63) is 27.7 Å². The molecule has 1 atom stereocenters. The molecule has 6 nitrogen and oxygen atoms in total. The third-order valence-corrected chi connectivity index (χ3v) is 3.98. The number of carbonyl (C=O) groups is 3. The monoisotopic (exact) mass is 330 g/mol. The van der Waals surface area contributed by atoms with Crippen LogP contribution in [0.25, 0.3) is 0 Å². The van der Waals surface area contributed by atoms with Crippen LogP contribution < -0.4 is 5.32 Å². The number of benzene rings is 1. The number of aromatic carboxylic acids is 1. The first-order chi connectivity index (χ1) is 9.82. The van der Waals surface area contributed by atoms with E-state index >= 15 is 0 Å². The van der Waals surface area contributed by atoms with E-state index < -0.39 is 12.0 Å². The lowest BCUT2D eigenvalue weighted by Gasteiger charge is -2.17. The number of anilines is 1. The van der Waals surface area contributed by atoms with Crippen LogP contribution in [0.4, 0.5) is 10.5 Å². The van der Waals surface area contributed by atoms with Crippen molar-refractivity contribution in [1.82, 2.24) is 4.90 Å². The third kappa shape index (κ3) is 2.96. The molecular weight excluding hydrogens is 319 g/mol. The van der Waals surface area contributed by atoms with E-state index in [1.54, 1.807) is 6.92 Å². The highest BCUT2D eigenvalue weighted by atomic mass is 35.5. The average molecular weight is 331 g/mol. The summed E-state index contributed by atoms with van der Waals surface area (Å²) >= 11 is 11.9. The summed E-state index contributed by atoms with van der Waals surface area (Å²) in [7, 11) is 0. The number of amides is 3. The number of hydrogen-bond donors (Lipinski definition) is 2. The Bertz CT molecular complexity index is 633. The lowest BCUT2D eigenvalue weighted by Crippen LogP contribution is -2.37. The zero-order chi connectivity index (χ0) is 15.7. The van der Waals surface area contributed by atoms with Gasteiger partial charge < -0.3 is 10.4 Å². The Morgan fingerprint density at radius 2 is 2.05 bits per heavy atom. The zero-order valence-corrected chi connectivity index (χ0v) is 12.5. The Morgan fingerprint density at radius 1 is 1.38 bits per heavy atom. The Morgan fingerprint density at radius 3 is 2.57 bits per heavy atom. The lowest BCUT2D eigenvalue weighted by atomic mass is 10.1. The number of carbonyl (C=O) groups excluding carboxylic acids is 2. The van der Waals surface area contributed by atoms with E-state index in [1.807, 2.05) is 0 Å². The average Bonchev–Trinajstić information content (AvgIpc) is 2.74. The predicted octanol–water partition coefficient (Wildman–Crippen LogP) is 3.09. The molecule has 1 fully saturated rings. The third-order valence-electron chi connectivity index (χ3n) is 3.27. The molecule has 1 aliphatic heterocycles. The van der Waals surface area contributed by atoms with Crippen LogP contribution in [0.1, 0.15) is 23.7 Å². The summed E-state index contributed by atoms with van der Waals surface area (Å²) in [6.07, 6.45) is 0.586. The van der Waals surface area contributed by atoms with Crippen LogP contribution in [0, 0.1) is 5.92 Å². The summed E-state index contributed by atoms with van der Waals surface area (Å²) in [6, 6.07) is 1.89. The largest absolute Gasteiger partial charge is 0.478 e. The molecule has 1 saturated heterocycles. The summed E-state index contributed by atoms with van der Waals surface area (Å²) in [5, 5.41) is 11.3. The highest BCUT2D eigenvalue weighted by Crippen LogP contribution is 2.34. The van der Waals surface area contributed by atoms with E-state index in [0.29, 0.717) is 13.0 Å². The van der Waals surface area contributed by atoms with Crippen LogP contribution in [0.2, 0.25) is 10.0 Å². The van der Waals surface area contributed by atoms with Crippen LogP contribution in [0.3, 0.4) is 0 Å². The van der Waals surface area contributed by atoms with Gasteiger partial charge in [-0.2, -0.15) is 0 Å². The minimum atomic E-state index is -1.24. The summed E-state index contributed by atoms with van der Waals surface area (Å²) in [5.74, 6) is -1.74. The molecule has 1 unspecified atom stereocenters. The van der Waals surface area contributed by atoms with E-state index in [1.165, 1.54) is 12.1 Å². The normalized spacial score (nSPS) is 18.0. The predicted molar refractivity (Wildman–Crippen MR) is 77.9 cm³/mol. The number of carboxylic acids is 1. The van der Waals surface area contributed by atoms with Crippen molar-refractivity contribution in [3.8, 4) is 0 Å². The molecule has 0 aromatic heterocycles. The van der Waals surface area contributed by atoms with Gasteiger partial charge in [0.2, 0.25) is 5.91 Å². The first-order valence-electron chi connectivity index (χ1n) is 6.16. The quantitative estimate of drug-likeness (QED) is 0.872. The van der Waals surface area contributed by atoms with Gasteiger partial charge in [-0.1, -0.05) is 30.1 Å². The van der Waals surface area contributed by atoms with Gasteiger partial charge in [0, 0.05) is 12.5 Å². The Kier molecular flexibility index (Phi) is 4.39. The molecule has 2 rings (SSSR count). The second-order valence-corrected chi connectivity index (χ2v) is 5.48. The minimum absolute atomic E-state index is 0.0180. The van der Waals surface area contributed by atoms with E-state index in [2.05, 4.69) is 5.32 Å². The molecule has 0 bridgehead atoms. The van der Waals surface area contributed by atoms with Crippen molar-refractivity contribution in [3.63, 3.8) is 0 Å². The molecule has 21 heavy (non-hydrogen) atoms. The van der Waals surface area contributed by atoms with Gasteiger partial charge in [0.25, 0.3) is 0 Å². The van der Waals surface area contributed by atoms with Gasteiger partial charge in [-0.05, 0) is 18.6 Å². The van der Waals surface area contributed by atoms with Gasteiger partial charge in [0.1, 0.15) is 0 Å². The molecular formula is C13H12Cl2N2O4. The maximum absolute atomic E-state index is 12.1. The van der Waals surface area contributed by atoms with Gasteiger partial charge in [0.05, 0.1) is 21.3 Å². The van der Waals surface area contributed by atoms with Crippen molar-refractivity contribution < 1.29 is 19.5 Å². The molecule has 1 aliphatic rings. The van der Waals surface area contributed by atoms with Gasteiger partial charge in [-0.15, -0.1) is 0 Å². The standard InChI is InChI=1S/C13H12Cl2N2O4/c1-6-4-5-17(11(6)18)13(21)16-10-8(14)3-2-7(9(10)15)12(19)20/h2-3,6H,4-5H2,1H3,(H,16,21)(H,19,20). The Labute approximate surface area is 130 Å². The maximum Gasteiger partial charge on any atom is 0.337 e. The lowest BCUT2D eigenvalue weighted by molar-refractivity contribution is -0.127. The van der Waals surface area contributed by atoms with Crippen LogP contribution in [-0.4, -0.2) is 34.5 Å². The molecule has 8 heteroatoms. The smallest absolute Gasteiger partial charge is 0.337 e. The van der Waals surface area contributed by atoms with E-state index in [9.17, 15) is 14.4 Å². The van der Waals surface area contributed by atoms with E-state index in [4.69, 9.17) is 28.3 Å². The number of carboxylic acid groups (broad SMARTS) is 1. The number of likely N-dealkylation sites (tertiary alicyclic amines) is 1. The molecule has 2 N–H and O–H groups in total. The van der Waals surface area contributed by atoms with Gasteiger partial charge in [-0.25, -0.2) is 9.59 Å². The van der Waals surface area contributed by atoms with Crippen molar-refractivity contribution in [2.45, 2.75) is 13.3 Å². The maximum atomic E-state index is 12.1. The van der Waals surface area contributed by atoms with Gasteiger partial charge in [-0.3, -0.25) is 9.69 Å². The second-order valence-electron chi connectivity index (χ2n) is 4.70. The molecule has 3 amide bonds. The fraction of sp³-hybridized carbons (Fsp3) is 0.308. The first-order valence-corrected chi connectivity index (χ1v) is 6.92. The second kappa shape index (κ2) is 5.91. The number of hydrogen-bond acceptors (Lipinski definition) is 3. The Balaban J connectivity index is 2.27. The number of nitrogens with zero attached hydrogens (tertiary/aromatic N) is 1. The van der Waals surface area contributed by atoms with Crippen LogP contribution in [-0.2, 0) is 4.79 Å². The highest BCUT2D eigenvalue weighted by Gasteiger charge is 2.33. The number of imide groups is 1. The van der Waals surface area contributed by atoms with Gasteiger partial charge in [0.15, 0.2) is 0 Å². The first kappa shape index (κ1) is 15.6. The summed E-state index contributed by atoms with van der Waals surface area (Å²) in [5.41, 5.74) is -0.201. The molecule has 1 aromatic carbocycles. The Hall–Kier alpha value is -1.79. The van der Waals surface area contributed by atoms with Crippen molar-refractivity contribution in [2.24, 2.45) is 5.92 Å². The summed E-state index contributed by atoms with van der Waals surface area (Å²) in [6.45, 7) is 2.04. The van der Waals surface area contributed by atoms with Crippen LogP contribution in [0.5, 0.6) is 0 Å². The van der Waals surface area contributed by atoms with Crippen molar-refractivity contribution >= 4 is 46.8 Å². The van der Waals surface area contributed by atoms with E-state index in [0.717, 1.165) is 4.90 Å². The molecule has 1 heterocycles. The van der Waals surface area contributed by atoms with Crippen molar-refractivity contribution in [1.29, 1.82) is 0 Å². The molecule has 112 valence electrons. The fourth-order valence-electron chi connectivity index (χ4n) is 2.03. The topological polar surface area (TPSA) is 86.7 Å². The zero-order valence-electron chi connectivity index (χ0n) is 11.0. The van der Waals surface area contributed by atoms with Crippen molar-refractivity contribution in [2.75, 3.05) is 11.9 Å². The number of rotatable bonds is 2. The fourth-order valence-corrected chi connectivity index (χ4v) is 2.58. The molecule has 0 saturated carbocycles. The highest BCUT2D eigenvalue weighted by molar-refractivity contribution is 6.41. The molecule has 0 radical (unpaired) electrons. The number of urea groups is 1. The summed E-state index contributed by atoms with van der Waals surface area (Å²) < 4.78 is 0. The summed E-state index contributed by atoms with van der Waals surface area (Å²) in [4.78, 5) is 36.0. The minimum Gasteiger partial charge on any atom is -0.478 e. The number of nitrogens with one attached hydrogen (secondary N) is 1. The number of halogens is 2. The SMILES string of the molecule is CC1CCN(C(=O)Nc2c(Cl)ccc(C(=O)O)c2Cl)C1=O. The van der Waals surface area contributed by atoms with Gasteiger partial charge >= 0.3 is 12.0 Å². The van der Waals surface area contributed by atoms with Crippen LogP contribution >= 0.6 is 23.2 Å². The molecule has 0 spiro atoms. The molecule has 1 aromatic rings. The van der Waals surface area contributed by atoms with Crippen LogP contribution in [0.15, 0.2) is 12.1 Å².